The molecule has 2 amide bonds. The number of carbonyl (C=O) groups is 1. The van der Waals surface area contributed by atoms with Crippen LogP contribution in [0.25, 0.3) is 0 Å². The number of fused-ring (bicyclic) bond motifs is 1. The Morgan fingerprint density at radius 3 is 2.50 bits per heavy atom. The highest BCUT2D eigenvalue weighted by molar-refractivity contribution is 14.1. The van der Waals surface area contributed by atoms with E-state index in [1.54, 1.807) is 18.2 Å². The van der Waals surface area contributed by atoms with E-state index in [0.29, 0.717) is 28.1 Å². The summed E-state index contributed by atoms with van der Waals surface area (Å²) >= 11 is 14.2. The van der Waals surface area contributed by atoms with Gasteiger partial charge < -0.3 is 10.2 Å². The summed E-state index contributed by atoms with van der Waals surface area (Å²) in [5.41, 5.74) is 3.60. The molecule has 0 radical (unpaired) electrons. The molecule has 4 rings (SSSR count). The Hall–Kier alpha value is -2.09. The first kappa shape index (κ1) is 19.2. The third-order valence-corrected chi connectivity index (χ3v) is 5.82. The molecule has 0 aromatic heterocycles. The van der Waals surface area contributed by atoms with Gasteiger partial charge in [0, 0.05) is 20.5 Å². The van der Waals surface area contributed by atoms with Crippen molar-refractivity contribution in [3.05, 3.63) is 91.5 Å². The van der Waals surface area contributed by atoms with Crippen LogP contribution < -0.4 is 10.2 Å². The van der Waals surface area contributed by atoms with E-state index in [1.807, 2.05) is 47.4 Å². The maximum absolute atomic E-state index is 12.6. The third-order valence-electron chi connectivity index (χ3n) is 4.36. The molecular formula is C21H14Cl2IN3O. The molecule has 0 spiro atoms. The van der Waals surface area contributed by atoms with E-state index in [4.69, 9.17) is 23.2 Å². The molecule has 0 saturated carbocycles. The lowest BCUT2D eigenvalue weighted by Crippen LogP contribution is -2.26. The number of urea groups is 1. The number of amidine groups is 1. The minimum atomic E-state index is -0.472. The lowest BCUT2D eigenvalue weighted by atomic mass is 10.1. The Balaban J connectivity index is 1.67. The van der Waals surface area contributed by atoms with Crippen molar-refractivity contribution in [1.29, 1.82) is 0 Å². The van der Waals surface area contributed by atoms with Gasteiger partial charge in [-0.05, 0) is 70.6 Å². The molecule has 0 bridgehead atoms. The first-order valence-corrected chi connectivity index (χ1v) is 10.3. The Morgan fingerprint density at radius 2 is 1.75 bits per heavy atom. The molecule has 1 aliphatic heterocycles. The van der Waals surface area contributed by atoms with Crippen molar-refractivity contribution in [1.82, 2.24) is 0 Å². The molecule has 1 heterocycles. The number of hydrogen-bond donors (Lipinski definition) is 1. The van der Waals surface area contributed by atoms with Crippen molar-refractivity contribution >= 4 is 69.0 Å². The quantitative estimate of drug-likeness (QED) is 0.386. The van der Waals surface area contributed by atoms with E-state index in [-0.39, 0.29) is 0 Å². The number of benzene rings is 3. The van der Waals surface area contributed by atoms with Crippen molar-refractivity contribution < 1.29 is 4.79 Å². The smallest absolute Gasteiger partial charge is 0.321 e. The van der Waals surface area contributed by atoms with Crippen molar-refractivity contribution in [2.24, 2.45) is 4.99 Å². The fourth-order valence-corrected chi connectivity index (χ4v) is 3.70. The summed E-state index contributed by atoms with van der Waals surface area (Å²) < 4.78 is 1.15. The monoisotopic (exact) mass is 521 g/mol. The first-order chi connectivity index (χ1) is 13.5. The molecule has 3 aromatic rings. The highest BCUT2D eigenvalue weighted by Crippen LogP contribution is 2.30. The van der Waals surface area contributed by atoms with Crippen LogP contribution in [0.2, 0.25) is 10.0 Å². The van der Waals surface area contributed by atoms with Crippen molar-refractivity contribution in [2.45, 2.75) is 6.54 Å². The highest BCUT2D eigenvalue weighted by Gasteiger charge is 2.27. The average molecular weight is 522 g/mol. The van der Waals surface area contributed by atoms with E-state index in [1.165, 1.54) is 0 Å². The fourth-order valence-electron chi connectivity index (χ4n) is 3.04. The van der Waals surface area contributed by atoms with Crippen LogP contribution in [-0.2, 0) is 6.54 Å². The molecule has 28 heavy (non-hydrogen) atoms. The van der Waals surface area contributed by atoms with E-state index >= 15 is 0 Å². The molecule has 140 valence electrons. The maximum atomic E-state index is 12.6. The lowest BCUT2D eigenvalue weighted by molar-refractivity contribution is 0.259. The second-order valence-corrected chi connectivity index (χ2v) is 8.27. The first-order valence-electron chi connectivity index (χ1n) is 8.47. The predicted molar refractivity (Wildman–Crippen MR) is 124 cm³/mol. The van der Waals surface area contributed by atoms with Gasteiger partial charge in [-0.15, -0.1) is 0 Å². The number of aliphatic imine (C=N–C) groups is 1. The standard InChI is InChI=1S/C21H14Cl2IN3O/c22-18-10-7-15(11-19(18)23)25-21(28)26-20-17-4-2-1-3-13(17)12-27(20)16-8-5-14(24)6-9-16/h1-11H,12H2,(H,25,28)/b26-20+. The van der Waals surface area contributed by atoms with Gasteiger partial charge in [0.1, 0.15) is 5.84 Å². The number of nitrogens with zero attached hydrogens (tertiary/aromatic N) is 2. The van der Waals surface area contributed by atoms with Crippen LogP contribution in [0.4, 0.5) is 16.2 Å². The number of halogens is 3. The number of amides is 2. The molecule has 1 N–H and O–H groups in total. The molecule has 3 aromatic carbocycles. The van der Waals surface area contributed by atoms with Gasteiger partial charge in [0.05, 0.1) is 16.6 Å². The van der Waals surface area contributed by atoms with Crippen molar-refractivity contribution in [3.8, 4) is 0 Å². The van der Waals surface area contributed by atoms with Crippen molar-refractivity contribution in [3.63, 3.8) is 0 Å². The maximum Gasteiger partial charge on any atom is 0.347 e. The van der Waals surface area contributed by atoms with E-state index in [0.717, 1.165) is 20.4 Å². The van der Waals surface area contributed by atoms with Gasteiger partial charge in [-0.2, -0.15) is 4.99 Å². The van der Waals surface area contributed by atoms with Gasteiger partial charge in [0.2, 0.25) is 0 Å². The number of carbonyl (C=O) groups excluding carboxylic acids is 1. The molecule has 0 aliphatic carbocycles. The summed E-state index contributed by atoms with van der Waals surface area (Å²) in [5, 5.41) is 3.56. The summed E-state index contributed by atoms with van der Waals surface area (Å²) in [5.74, 6) is 0.620. The van der Waals surface area contributed by atoms with E-state index in [9.17, 15) is 4.79 Å². The summed E-state index contributed by atoms with van der Waals surface area (Å²) in [6.45, 7) is 0.662. The molecule has 0 atom stereocenters. The highest BCUT2D eigenvalue weighted by atomic mass is 127. The summed E-state index contributed by atoms with van der Waals surface area (Å²) in [4.78, 5) is 19.0. The zero-order valence-electron chi connectivity index (χ0n) is 14.5. The van der Waals surface area contributed by atoms with Gasteiger partial charge in [0.25, 0.3) is 0 Å². The predicted octanol–water partition coefficient (Wildman–Crippen LogP) is 6.60. The van der Waals surface area contributed by atoms with Gasteiger partial charge in [-0.25, -0.2) is 4.79 Å². The van der Waals surface area contributed by atoms with E-state index < -0.39 is 6.03 Å². The number of nitrogens with one attached hydrogen (secondary N) is 1. The molecule has 0 fully saturated rings. The largest absolute Gasteiger partial charge is 0.347 e. The Bertz CT molecular complexity index is 1080. The van der Waals surface area contributed by atoms with Crippen LogP contribution in [0, 0.1) is 3.57 Å². The zero-order chi connectivity index (χ0) is 19.7. The summed E-state index contributed by atoms with van der Waals surface area (Å²) in [6.07, 6.45) is 0. The molecule has 7 heteroatoms. The van der Waals surface area contributed by atoms with Crippen LogP contribution in [0.15, 0.2) is 71.7 Å². The average Bonchev–Trinajstić information content (AvgIpc) is 3.04. The molecule has 0 saturated heterocycles. The van der Waals surface area contributed by atoms with Crippen LogP contribution in [0.3, 0.4) is 0 Å². The summed E-state index contributed by atoms with van der Waals surface area (Å²) in [7, 11) is 0. The van der Waals surface area contributed by atoms with Crippen molar-refractivity contribution in [2.75, 3.05) is 10.2 Å². The van der Waals surface area contributed by atoms with E-state index in [2.05, 4.69) is 39.0 Å². The minimum absolute atomic E-state index is 0.374. The second kappa shape index (κ2) is 8.11. The van der Waals surface area contributed by atoms with Crippen LogP contribution in [0.1, 0.15) is 11.1 Å². The van der Waals surface area contributed by atoms with Gasteiger partial charge in [-0.3, -0.25) is 0 Å². The molecular weight excluding hydrogens is 508 g/mol. The molecule has 4 nitrogen and oxygen atoms in total. The Kier molecular flexibility index (Phi) is 5.57. The topological polar surface area (TPSA) is 44.7 Å². The Labute approximate surface area is 186 Å². The van der Waals surface area contributed by atoms with Gasteiger partial charge >= 0.3 is 6.03 Å². The summed E-state index contributed by atoms with van der Waals surface area (Å²) in [6, 6.07) is 20.5. The number of hydrogen-bond acceptors (Lipinski definition) is 1. The Morgan fingerprint density at radius 1 is 1.00 bits per heavy atom. The number of rotatable bonds is 2. The van der Waals surface area contributed by atoms with Crippen LogP contribution in [-0.4, -0.2) is 11.9 Å². The SMILES string of the molecule is O=C(/N=C1\c2ccccc2CN1c1ccc(I)cc1)Nc1ccc(Cl)c(Cl)c1. The molecule has 0 unspecified atom stereocenters. The number of anilines is 2. The van der Waals surface area contributed by atoms with Gasteiger partial charge in [-0.1, -0.05) is 47.5 Å². The minimum Gasteiger partial charge on any atom is -0.321 e. The van der Waals surface area contributed by atoms with Crippen LogP contribution >= 0.6 is 45.8 Å². The fraction of sp³-hybridized carbons (Fsp3) is 0.0476. The normalized spacial score (nSPS) is 14.2. The molecule has 1 aliphatic rings. The van der Waals surface area contributed by atoms with Gasteiger partial charge in [0.15, 0.2) is 0 Å². The lowest BCUT2D eigenvalue weighted by Gasteiger charge is -2.19. The third kappa shape index (κ3) is 4.01. The van der Waals surface area contributed by atoms with Crippen LogP contribution in [0.5, 0.6) is 0 Å². The second-order valence-electron chi connectivity index (χ2n) is 6.21. The zero-order valence-corrected chi connectivity index (χ0v) is 18.2.